The summed E-state index contributed by atoms with van der Waals surface area (Å²) in [5.41, 5.74) is 14.4. The van der Waals surface area contributed by atoms with Crippen molar-refractivity contribution >= 4 is 24.4 Å². The molecule has 0 aromatic heterocycles. The Morgan fingerprint density at radius 3 is 2.07 bits per heavy atom. The number of rotatable bonds is 5. The standard InChI is InChI=1S/C33H40BN3O4/c1-22-23(18-24(19-30(22)35)34-40-32(2,3)33(4,5)41-34)20-36-14-16-37(17-15-36)31(38)39-21-29-27-12-8-6-10-25(27)26-11-7-9-13-28(26)29/h6-13,18-19,29H,14-17,20-21,35H2,1-5H3. The second-order valence-corrected chi connectivity index (χ2v) is 12.5. The van der Waals surface area contributed by atoms with Gasteiger partial charge in [0.1, 0.15) is 6.61 Å². The maximum atomic E-state index is 13.1. The van der Waals surface area contributed by atoms with E-state index in [4.69, 9.17) is 19.8 Å². The summed E-state index contributed by atoms with van der Waals surface area (Å²) in [5.74, 6) is 0.0670. The van der Waals surface area contributed by atoms with Crippen molar-refractivity contribution in [3.8, 4) is 11.1 Å². The summed E-state index contributed by atoms with van der Waals surface area (Å²) in [6, 6.07) is 20.9. The Labute approximate surface area is 243 Å². The third-order valence-electron chi connectivity index (χ3n) is 9.46. The van der Waals surface area contributed by atoms with E-state index in [9.17, 15) is 4.79 Å². The Morgan fingerprint density at radius 2 is 1.49 bits per heavy atom. The van der Waals surface area contributed by atoms with Crippen LogP contribution < -0.4 is 11.2 Å². The molecule has 3 aromatic rings. The van der Waals surface area contributed by atoms with E-state index in [0.717, 1.165) is 41.9 Å². The molecule has 2 fully saturated rings. The first kappa shape index (κ1) is 27.8. The summed E-state index contributed by atoms with van der Waals surface area (Å²) in [6.07, 6.45) is -0.241. The molecule has 214 valence electrons. The van der Waals surface area contributed by atoms with Gasteiger partial charge >= 0.3 is 13.2 Å². The van der Waals surface area contributed by atoms with Crippen LogP contribution in [0, 0.1) is 6.92 Å². The Kier molecular flexibility index (Phi) is 7.13. The first-order valence-electron chi connectivity index (χ1n) is 14.6. The Bertz CT molecular complexity index is 1400. The van der Waals surface area contributed by atoms with E-state index >= 15 is 0 Å². The molecule has 0 saturated carbocycles. The molecule has 2 saturated heterocycles. The minimum absolute atomic E-state index is 0.0670. The van der Waals surface area contributed by atoms with E-state index in [0.29, 0.717) is 19.7 Å². The third-order valence-corrected chi connectivity index (χ3v) is 9.46. The lowest BCUT2D eigenvalue weighted by Crippen LogP contribution is -2.48. The van der Waals surface area contributed by atoms with Crippen LogP contribution in [0.2, 0.25) is 0 Å². The van der Waals surface area contributed by atoms with Crippen molar-refractivity contribution in [1.82, 2.24) is 9.80 Å². The number of nitrogens with zero attached hydrogens (tertiary/aromatic N) is 2. The van der Waals surface area contributed by atoms with Gasteiger partial charge in [-0.3, -0.25) is 4.90 Å². The van der Waals surface area contributed by atoms with Crippen molar-refractivity contribution in [3.63, 3.8) is 0 Å². The summed E-state index contributed by atoms with van der Waals surface area (Å²) < 4.78 is 18.5. The molecule has 2 N–H and O–H groups in total. The zero-order chi connectivity index (χ0) is 28.9. The predicted octanol–water partition coefficient (Wildman–Crippen LogP) is 4.94. The van der Waals surface area contributed by atoms with Crippen molar-refractivity contribution in [2.75, 3.05) is 38.5 Å². The highest BCUT2D eigenvalue weighted by Crippen LogP contribution is 2.44. The number of benzene rings is 3. The number of nitrogens with two attached hydrogens (primary N) is 1. The smallest absolute Gasteiger partial charge is 0.448 e. The highest BCUT2D eigenvalue weighted by atomic mass is 16.7. The molecule has 8 heteroatoms. The van der Waals surface area contributed by atoms with Crippen molar-refractivity contribution in [3.05, 3.63) is 82.9 Å². The van der Waals surface area contributed by atoms with Gasteiger partial charge in [0.15, 0.2) is 0 Å². The third kappa shape index (κ3) is 5.13. The van der Waals surface area contributed by atoms with Crippen LogP contribution in [0.25, 0.3) is 11.1 Å². The van der Waals surface area contributed by atoms with Crippen LogP contribution in [0.3, 0.4) is 0 Å². The lowest BCUT2D eigenvalue weighted by molar-refractivity contribution is 0.00578. The molecule has 0 bridgehead atoms. The molecule has 2 aliphatic heterocycles. The fourth-order valence-corrected chi connectivity index (χ4v) is 6.12. The van der Waals surface area contributed by atoms with Gasteiger partial charge in [0, 0.05) is 44.3 Å². The summed E-state index contributed by atoms with van der Waals surface area (Å²) in [5, 5.41) is 0. The van der Waals surface area contributed by atoms with Gasteiger partial charge in [-0.1, -0.05) is 54.6 Å². The number of fused-ring (bicyclic) bond motifs is 3. The zero-order valence-corrected chi connectivity index (χ0v) is 24.8. The Hall–Kier alpha value is -3.33. The molecule has 0 atom stereocenters. The lowest BCUT2D eigenvalue weighted by atomic mass is 9.77. The highest BCUT2D eigenvalue weighted by Gasteiger charge is 2.51. The average molecular weight is 554 g/mol. The van der Waals surface area contributed by atoms with Crippen molar-refractivity contribution in [2.45, 2.75) is 58.3 Å². The topological polar surface area (TPSA) is 77.3 Å². The number of nitrogen functional groups attached to an aromatic ring is 1. The molecular weight excluding hydrogens is 513 g/mol. The van der Waals surface area contributed by atoms with Crippen LogP contribution >= 0.6 is 0 Å². The van der Waals surface area contributed by atoms with Gasteiger partial charge in [0.2, 0.25) is 0 Å². The highest BCUT2D eigenvalue weighted by molar-refractivity contribution is 6.62. The molecule has 3 aliphatic rings. The first-order valence-corrected chi connectivity index (χ1v) is 14.6. The minimum atomic E-state index is -0.452. The number of carbonyl (C=O) groups excluding carboxylic acids is 1. The van der Waals surface area contributed by atoms with Crippen LogP contribution in [0.5, 0.6) is 0 Å². The predicted molar refractivity (Wildman–Crippen MR) is 163 cm³/mol. The molecule has 2 heterocycles. The molecule has 3 aromatic carbocycles. The van der Waals surface area contributed by atoms with Crippen LogP contribution in [-0.2, 0) is 20.6 Å². The van der Waals surface area contributed by atoms with Crippen molar-refractivity contribution in [1.29, 1.82) is 0 Å². The molecule has 0 radical (unpaired) electrons. The van der Waals surface area contributed by atoms with E-state index < -0.39 is 18.3 Å². The van der Waals surface area contributed by atoms with E-state index in [1.807, 2.05) is 11.0 Å². The van der Waals surface area contributed by atoms with E-state index in [1.54, 1.807) is 0 Å². The SMILES string of the molecule is Cc1c(N)cc(B2OC(C)(C)C(C)(C)O2)cc1CN1CCN(C(=O)OCC2c3ccccc3-c3ccccc32)CC1. The number of piperazine rings is 1. The van der Waals surface area contributed by atoms with E-state index in [-0.39, 0.29) is 12.0 Å². The van der Waals surface area contributed by atoms with E-state index in [1.165, 1.54) is 22.3 Å². The van der Waals surface area contributed by atoms with Gasteiger partial charge < -0.3 is 24.7 Å². The molecule has 1 aliphatic carbocycles. The van der Waals surface area contributed by atoms with Crippen LogP contribution in [0.4, 0.5) is 10.5 Å². The largest absolute Gasteiger partial charge is 0.494 e. The Morgan fingerprint density at radius 1 is 0.927 bits per heavy atom. The molecule has 41 heavy (non-hydrogen) atoms. The van der Waals surface area contributed by atoms with Gasteiger partial charge in [0.25, 0.3) is 0 Å². The van der Waals surface area contributed by atoms with Crippen molar-refractivity contribution < 1.29 is 18.8 Å². The molecule has 0 unspecified atom stereocenters. The fourth-order valence-electron chi connectivity index (χ4n) is 6.12. The molecule has 0 spiro atoms. The quantitative estimate of drug-likeness (QED) is 0.356. The summed E-state index contributed by atoms with van der Waals surface area (Å²) in [7, 11) is -0.452. The number of hydrogen-bond acceptors (Lipinski definition) is 6. The van der Waals surface area contributed by atoms with Crippen LogP contribution in [-0.4, -0.2) is 67.0 Å². The first-order chi connectivity index (χ1) is 19.5. The van der Waals surface area contributed by atoms with Crippen molar-refractivity contribution in [2.24, 2.45) is 0 Å². The van der Waals surface area contributed by atoms with E-state index in [2.05, 4.69) is 94.1 Å². The minimum Gasteiger partial charge on any atom is -0.448 e. The van der Waals surface area contributed by atoms with Gasteiger partial charge in [-0.05, 0) is 79.5 Å². The maximum absolute atomic E-state index is 13.1. The number of carbonyl (C=O) groups is 1. The number of anilines is 1. The summed E-state index contributed by atoms with van der Waals surface area (Å²) in [4.78, 5) is 17.3. The molecular formula is C33H40BN3O4. The van der Waals surface area contributed by atoms with Gasteiger partial charge in [-0.2, -0.15) is 0 Å². The molecule has 7 nitrogen and oxygen atoms in total. The second-order valence-electron chi connectivity index (χ2n) is 12.5. The Balaban J connectivity index is 1.06. The second kappa shape index (κ2) is 10.5. The molecule has 1 amide bonds. The maximum Gasteiger partial charge on any atom is 0.494 e. The lowest BCUT2D eigenvalue weighted by Gasteiger charge is -2.34. The summed E-state index contributed by atoms with van der Waals surface area (Å²) >= 11 is 0. The normalized spacial score (nSPS) is 19.7. The summed E-state index contributed by atoms with van der Waals surface area (Å²) in [6.45, 7) is 14.2. The number of amides is 1. The van der Waals surface area contributed by atoms with Gasteiger partial charge in [0.05, 0.1) is 11.2 Å². The number of hydrogen-bond donors (Lipinski definition) is 1. The van der Waals surface area contributed by atoms with Gasteiger partial charge in [-0.25, -0.2) is 4.79 Å². The van der Waals surface area contributed by atoms with Gasteiger partial charge in [-0.15, -0.1) is 0 Å². The fraction of sp³-hybridized carbons (Fsp3) is 0.424. The zero-order valence-electron chi connectivity index (χ0n) is 24.8. The van der Waals surface area contributed by atoms with Crippen LogP contribution in [0.15, 0.2) is 60.7 Å². The molecule has 6 rings (SSSR count). The van der Waals surface area contributed by atoms with Crippen LogP contribution in [0.1, 0.15) is 55.9 Å². The monoisotopic (exact) mass is 553 g/mol. The number of ether oxygens (including phenoxy) is 1. The average Bonchev–Trinajstić information content (AvgIpc) is 3.39.